The fourth-order valence-corrected chi connectivity index (χ4v) is 0.587. The van der Waals surface area contributed by atoms with E-state index in [0.29, 0.717) is 17.8 Å². The second-order valence-electron chi connectivity index (χ2n) is 1.63. The first-order valence-electron chi connectivity index (χ1n) is 2.56. The Kier molecular flexibility index (Phi) is 1.60. The summed E-state index contributed by atoms with van der Waals surface area (Å²) in [5, 5.41) is 6.23. The summed E-state index contributed by atoms with van der Waals surface area (Å²) in [6.07, 6.45) is 2.18. The number of H-pyrrole nitrogens is 1. The van der Waals surface area contributed by atoms with Crippen LogP contribution in [0.2, 0.25) is 0 Å². The Hall–Kier alpha value is -1.16. The monoisotopic (exact) mass is 125 g/mol. The fraction of sp³-hybridized carbons (Fsp3) is 0.200. The standard InChI is InChI=1S/C5H7N3O/c6-1-5-4(3-9)2-7-8-5/h2-3H,1,6H2,(H,7,8). The molecule has 1 aromatic heterocycles. The molecule has 0 unspecified atom stereocenters. The normalized spacial score (nSPS) is 9.44. The van der Waals surface area contributed by atoms with Gasteiger partial charge in [0.05, 0.1) is 17.5 Å². The van der Waals surface area contributed by atoms with E-state index in [1.54, 1.807) is 0 Å². The van der Waals surface area contributed by atoms with E-state index in [-0.39, 0.29) is 0 Å². The molecule has 0 aromatic carbocycles. The number of nitrogens with one attached hydrogen (secondary N) is 1. The van der Waals surface area contributed by atoms with Crippen molar-refractivity contribution in [2.75, 3.05) is 0 Å². The summed E-state index contributed by atoms with van der Waals surface area (Å²) >= 11 is 0. The quantitative estimate of drug-likeness (QED) is 0.532. The molecule has 0 atom stereocenters. The van der Waals surface area contributed by atoms with Gasteiger partial charge in [-0.05, 0) is 0 Å². The predicted octanol–water partition coefficient (Wildman–Crippen LogP) is -0.319. The van der Waals surface area contributed by atoms with Crippen LogP contribution in [0.3, 0.4) is 0 Å². The number of hydrogen-bond acceptors (Lipinski definition) is 3. The van der Waals surface area contributed by atoms with Crippen LogP contribution in [0.5, 0.6) is 0 Å². The minimum absolute atomic E-state index is 0.327. The highest BCUT2D eigenvalue weighted by atomic mass is 16.1. The van der Waals surface area contributed by atoms with Crippen LogP contribution in [0.1, 0.15) is 16.1 Å². The summed E-state index contributed by atoms with van der Waals surface area (Å²) < 4.78 is 0. The molecule has 1 heterocycles. The first kappa shape index (κ1) is 5.97. The molecular weight excluding hydrogens is 118 g/mol. The van der Waals surface area contributed by atoms with Crippen LogP contribution in [0, 0.1) is 0 Å². The summed E-state index contributed by atoms with van der Waals surface area (Å²) in [4.78, 5) is 10.1. The van der Waals surface area contributed by atoms with E-state index in [9.17, 15) is 4.79 Å². The van der Waals surface area contributed by atoms with Crippen LogP contribution in [0.25, 0.3) is 0 Å². The molecule has 0 spiro atoms. The van der Waals surface area contributed by atoms with E-state index in [4.69, 9.17) is 5.73 Å². The van der Waals surface area contributed by atoms with Crippen molar-refractivity contribution in [2.45, 2.75) is 6.54 Å². The zero-order valence-corrected chi connectivity index (χ0v) is 4.79. The number of rotatable bonds is 2. The Balaban J connectivity index is 2.98. The third kappa shape index (κ3) is 0.972. The van der Waals surface area contributed by atoms with Crippen LogP contribution in [0.4, 0.5) is 0 Å². The van der Waals surface area contributed by atoms with E-state index in [1.807, 2.05) is 0 Å². The minimum atomic E-state index is 0.327. The number of aromatic amines is 1. The minimum Gasteiger partial charge on any atom is -0.325 e. The van der Waals surface area contributed by atoms with Gasteiger partial charge >= 0.3 is 0 Å². The zero-order chi connectivity index (χ0) is 6.69. The van der Waals surface area contributed by atoms with Gasteiger partial charge in [-0.25, -0.2) is 0 Å². The van der Waals surface area contributed by atoms with E-state index in [0.717, 1.165) is 6.29 Å². The molecule has 48 valence electrons. The van der Waals surface area contributed by atoms with Gasteiger partial charge in [0, 0.05) is 6.54 Å². The maximum absolute atomic E-state index is 10.1. The first-order valence-corrected chi connectivity index (χ1v) is 2.56. The summed E-state index contributed by atoms with van der Waals surface area (Å²) in [5.74, 6) is 0. The number of carbonyl (C=O) groups is 1. The Morgan fingerprint density at radius 2 is 2.67 bits per heavy atom. The predicted molar refractivity (Wildman–Crippen MR) is 31.9 cm³/mol. The Morgan fingerprint density at radius 3 is 3.11 bits per heavy atom. The van der Waals surface area contributed by atoms with E-state index >= 15 is 0 Å². The molecule has 0 saturated heterocycles. The number of nitrogens with zero attached hydrogens (tertiary/aromatic N) is 1. The molecule has 0 bridgehead atoms. The molecule has 3 N–H and O–H groups in total. The molecule has 0 saturated carbocycles. The van der Waals surface area contributed by atoms with Gasteiger partial charge in [0.15, 0.2) is 6.29 Å². The van der Waals surface area contributed by atoms with Crippen molar-refractivity contribution in [2.24, 2.45) is 5.73 Å². The van der Waals surface area contributed by atoms with Gasteiger partial charge in [-0.15, -0.1) is 0 Å². The lowest BCUT2D eigenvalue weighted by atomic mass is 10.3. The van der Waals surface area contributed by atoms with Crippen LogP contribution in [-0.2, 0) is 6.54 Å². The number of hydrogen-bond donors (Lipinski definition) is 2. The van der Waals surface area contributed by atoms with E-state index < -0.39 is 0 Å². The van der Waals surface area contributed by atoms with Crippen molar-refractivity contribution >= 4 is 6.29 Å². The molecule has 1 rings (SSSR count). The summed E-state index contributed by atoms with van der Waals surface area (Å²) in [5.41, 5.74) is 6.47. The Bertz CT molecular complexity index is 206. The molecule has 0 radical (unpaired) electrons. The van der Waals surface area contributed by atoms with E-state index in [2.05, 4.69) is 10.2 Å². The maximum atomic E-state index is 10.1. The van der Waals surface area contributed by atoms with Gasteiger partial charge in [0.25, 0.3) is 0 Å². The van der Waals surface area contributed by atoms with Crippen molar-refractivity contribution < 1.29 is 4.79 Å². The second-order valence-corrected chi connectivity index (χ2v) is 1.63. The second kappa shape index (κ2) is 2.41. The molecule has 4 nitrogen and oxygen atoms in total. The van der Waals surface area contributed by atoms with Gasteiger partial charge in [-0.1, -0.05) is 0 Å². The highest BCUT2D eigenvalue weighted by molar-refractivity contribution is 5.75. The van der Waals surface area contributed by atoms with Gasteiger partial charge < -0.3 is 5.73 Å². The molecule has 1 aromatic rings. The lowest BCUT2D eigenvalue weighted by Crippen LogP contribution is -1.99. The molecule has 0 fully saturated rings. The molecule has 0 aliphatic carbocycles. The molecule has 4 heteroatoms. The number of aldehydes is 1. The average Bonchev–Trinajstić information content (AvgIpc) is 2.33. The number of aromatic nitrogens is 2. The van der Waals surface area contributed by atoms with Crippen LogP contribution in [0.15, 0.2) is 6.20 Å². The highest BCUT2D eigenvalue weighted by Crippen LogP contribution is 1.97. The topological polar surface area (TPSA) is 71.8 Å². The van der Waals surface area contributed by atoms with Gasteiger partial charge in [-0.3, -0.25) is 9.89 Å². The third-order valence-electron chi connectivity index (χ3n) is 1.08. The average molecular weight is 125 g/mol. The largest absolute Gasteiger partial charge is 0.325 e. The maximum Gasteiger partial charge on any atom is 0.153 e. The van der Waals surface area contributed by atoms with Crippen molar-refractivity contribution in [3.05, 3.63) is 17.5 Å². The zero-order valence-electron chi connectivity index (χ0n) is 4.79. The summed E-state index contributed by atoms with van der Waals surface area (Å²) in [6, 6.07) is 0. The SMILES string of the molecule is NCc1[nH]ncc1C=O. The molecular formula is C5H7N3O. The van der Waals surface area contributed by atoms with Crippen molar-refractivity contribution in [1.82, 2.24) is 10.2 Å². The van der Waals surface area contributed by atoms with Crippen LogP contribution < -0.4 is 5.73 Å². The number of carbonyl (C=O) groups excluding carboxylic acids is 1. The molecule has 9 heavy (non-hydrogen) atoms. The van der Waals surface area contributed by atoms with Crippen molar-refractivity contribution in [3.63, 3.8) is 0 Å². The van der Waals surface area contributed by atoms with E-state index in [1.165, 1.54) is 6.20 Å². The van der Waals surface area contributed by atoms with Gasteiger partial charge in [-0.2, -0.15) is 5.10 Å². The summed E-state index contributed by atoms with van der Waals surface area (Å²) in [6.45, 7) is 0.327. The van der Waals surface area contributed by atoms with Crippen molar-refractivity contribution in [3.8, 4) is 0 Å². The van der Waals surface area contributed by atoms with Crippen LogP contribution in [-0.4, -0.2) is 16.5 Å². The molecule has 0 amide bonds. The molecule has 0 aliphatic heterocycles. The summed E-state index contributed by atoms with van der Waals surface area (Å²) in [7, 11) is 0. The fourth-order valence-electron chi connectivity index (χ4n) is 0.587. The Morgan fingerprint density at radius 1 is 1.89 bits per heavy atom. The first-order chi connectivity index (χ1) is 4.38. The highest BCUT2D eigenvalue weighted by Gasteiger charge is 1.98. The van der Waals surface area contributed by atoms with Gasteiger partial charge in [0.2, 0.25) is 0 Å². The smallest absolute Gasteiger partial charge is 0.153 e. The lowest BCUT2D eigenvalue weighted by molar-refractivity contribution is 0.112. The van der Waals surface area contributed by atoms with Crippen molar-refractivity contribution in [1.29, 1.82) is 0 Å². The number of nitrogens with two attached hydrogens (primary N) is 1. The third-order valence-corrected chi connectivity index (χ3v) is 1.08. The Labute approximate surface area is 52.1 Å². The van der Waals surface area contributed by atoms with Gasteiger partial charge in [0.1, 0.15) is 0 Å². The molecule has 0 aliphatic rings. The van der Waals surface area contributed by atoms with Crippen LogP contribution >= 0.6 is 0 Å². The lowest BCUT2D eigenvalue weighted by Gasteiger charge is -1.86.